The van der Waals surface area contributed by atoms with E-state index in [1.54, 1.807) is 43.1 Å². The second-order valence-corrected chi connectivity index (χ2v) is 6.06. The van der Waals surface area contributed by atoms with Crippen molar-refractivity contribution in [1.29, 1.82) is 0 Å². The minimum absolute atomic E-state index is 0.220. The van der Waals surface area contributed by atoms with Gasteiger partial charge in [-0.25, -0.2) is 4.39 Å². The summed E-state index contributed by atoms with van der Waals surface area (Å²) in [4.78, 5) is 19.7. The number of H-pyrrole nitrogens is 1. The second-order valence-electron chi connectivity index (χ2n) is 6.06. The molecule has 4 aromatic rings. The molecule has 0 atom stereocenters. The standard InChI is InChI=1S/C21H16FN3O2/c22-18-4-2-15(3-5-18)17-9-20(24-12-17)21(26)25-11-14-1-6-19(23-10-14)16-7-8-27-13-16/h1-10,12-13,24H,11H2,(H,25,26). The number of benzene rings is 1. The Morgan fingerprint density at radius 1 is 1.07 bits per heavy atom. The van der Waals surface area contributed by atoms with Crippen molar-refractivity contribution in [2.75, 3.05) is 0 Å². The number of pyridine rings is 1. The van der Waals surface area contributed by atoms with E-state index in [0.29, 0.717) is 12.2 Å². The average molecular weight is 361 g/mol. The van der Waals surface area contributed by atoms with Gasteiger partial charge in [0.1, 0.15) is 11.5 Å². The van der Waals surface area contributed by atoms with Crippen LogP contribution in [0.2, 0.25) is 0 Å². The van der Waals surface area contributed by atoms with Crippen LogP contribution in [0.3, 0.4) is 0 Å². The minimum Gasteiger partial charge on any atom is -0.472 e. The van der Waals surface area contributed by atoms with Gasteiger partial charge in [-0.05, 0) is 47.0 Å². The lowest BCUT2D eigenvalue weighted by atomic mass is 10.1. The van der Waals surface area contributed by atoms with Crippen LogP contribution in [-0.2, 0) is 6.54 Å². The Balaban J connectivity index is 1.39. The first kappa shape index (κ1) is 16.8. The number of halogens is 1. The zero-order valence-electron chi connectivity index (χ0n) is 14.3. The lowest BCUT2D eigenvalue weighted by molar-refractivity contribution is 0.0946. The molecule has 6 heteroatoms. The third kappa shape index (κ3) is 3.79. The average Bonchev–Trinajstić information content (AvgIpc) is 3.39. The number of hydrogen-bond donors (Lipinski definition) is 2. The molecule has 3 aromatic heterocycles. The van der Waals surface area contributed by atoms with Crippen LogP contribution in [0.25, 0.3) is 22.4 Å². The van der Waals surface area contributed by atoms with Gasteiger partial charge in [-0.3, -0.25) is 9.78 Å². The Morgan fingerprint density at radius 2 is 1.93 bits per heavy atom. The van der Waals surface area contributed by atoms with Crippen LogP contribution < -0.4 is 5.32 Å². The molecule has 0 aliphatic carbocycles. The van der Waals surface area contributed by atoms with Gasteiger partial charge in [0.15, 0.2) is 0 Å². The first-order valence-corrected chi connectivity index (χ1v) is 8.39. The highest BCUT2D eigenvalue weighted by molar-refractivity contribution is 5.93. The molecule has 2 N–H and O–H groups in total. The van der Waals surface area contributed by atoms with E-state index in [2.05, 4.69) is 15.3 Å². The van der Waals surface area contributed by atoms with E-state index in [1.807, 2.05) is 18.2 Å². The van der Waals surface area contributed by atoms with E-state index in [-0.39, 0.29) is 11.7 Å². The third-order valence-electron chi connectivity index (χ3n) is 4.20. The summed E-state index contributed by atoms with van der Waals surface area (Å²) in [6, 6.07) is 13.5. The van der Waals surface area contributed by atoms with E-state index < -0.39 is 0 Å². The molecular weight excluding hydrogens is 345 g/mol. The molecule has 0 spiro atoms. The quantitative estimate of drug-likeness (QED) is 0.553. The van der Waals surface area contributed by atoms with Crippen LogP contribution >= 0.6 is 0 Å². The van der Waals surface area contributed by atoms with Crippen LogP contribution in [0, 0.1) is 5.82 Å². The maximum atomic E-state index is 13.0. The van der Waals surface area contributed by atoms with Gasteiger partial charge in [0.2, 0.25) is 0 Å². The molecule has 0 saturated carbocycles. The fourth-order valence-electron chi connectivity index (χ4n) is 2.72. The molecule has 0 fully saturated rings. The predicted octanol–water partition coefficient (Wildman–Crippen LogP) is 4.41. The summed E-state index contributed by atoms with van der Waals surface area (Å²) < 4.78 is 18.1. The van der Waals surface area contributed by atoms with Crippen molar-refractivity contribution < 1.29 is 13.6 Å². The van der Waals surface area contributed by atoms with Gasteiger partial charge in [-0.2, -0.15) is 0 Å². The molecule has 4 rings (SSSR count). The van der Waals surface area contributed by atoms with Gasteiger partial charge >= 0.3 is 0 Å². The summed E-state index contributed by atoms with van der Waals surface area (Å²) in [6.45, 7) is 0.363. The van der Waals surface area contributed by atoms with Crippen molar-refractivity contribution in [3.8, 4) is 22.4 Å². The number of aromatic amines is 1. The van der Waals surface area contributed by atoms with Gasteiger partial charge in [0.05, 0.1) is 18.2 Å². The number of nitrogens with one attached hydrogen (secondary N) is 2. The number of aromatic nitrogens is 2. The number of nitrogens with zero attached hydrogens (tertiary/aromatic N) is 1. The maximum absolute atomic E-state index is 13.0. The molecule has 1 aromatic carbocycles. The Labute approximate surface area is 154 Å². The summed E-state index contributed by atoms with van der Waals surface area (Å²) in [6.07, 6.45) is 6.68. The molecule has 27 heavy (non-hydrogen) atoms. The second kappa shape index (κ2) is 7.29. The molecule has 0 aliphatic rings. The monoisotopic (exact) mass is 361 g/mol. The zero-order chi connectivity index (χ0) is 18.6. The first-order chi connectivity index (χ1) is 13.2. The zero-order valence-corrected chi connectivity index (χ0v) is 14.3. The Bertz CT molecular complexity index is 1040. The SMILES string of the molecule is O=C(NCc1ccc(-c2ccoc2)nc1)c1cc(-c2ccc(F)cc2)c[nH]1. The fourth-order valence-corrected chi connectivity index (χ4v) is 2.72. The first-order valence-electron chi connectivity index (χ1n) is 8.39. The normalized spacial score (nSPS) is 10.7. The highest BCUT2D eigenvalue weighted by atomic mass is 19.1. The highest BCUT2D eigenvalue weighted by Crippen LogP contribution is 2.21. The van der Waals surface area contributed by atoms with Gasteiger partial charge < -0.3 is 14.7 Å². The van der Waals surface area contributed by atoms with E-state index in [1.165, 1.54) is 12.1 Å². The van der Waals surface area contributed by atoms with Gasteiger partial charge in [0, 0.05) is 24.5 Å². The van der Waals surface area contributed by atoms with E-state index >= 15 is 0 Å². The van der Waals surface area contributed by atoms with Crippen molar-refractivity contribution in [3.63, 3.8) is 0 Å². The molecule has 0 bridgehead atoms. The van der Waals surface area contributed by atoms with Crippen molar-refractivity contribution in [3.05, 3.63) is 90.5 Å². The van der Waals surface area contributed by atoms with Gasteiger partial charge in [-0.15, -0.1) is 0 Å². The summed E-state index contributed by atoms with van der Waals surface area (Å²) in [7, 11) is 0. The molecule has 134 valence electrons. The molecule has 5 nitrogen and oxygen atoms in total. The number of amides is 1. The number of carbonyl (C=O) groups is 1. The van der Waals surface area contributed by atoms with Crippen molar-refractivity contribution in [1.82, 2.24) is 15.3 Å². The van der Waals surface area contributed by atoms with Crippen molar-refractivity contribution in [2.45, 2.75) is 6.54 Å². The summed E-state index contributed by atoms with van der Waals surface area (Å²) in [5.41, 5.74) is 4.72. The molecule has 0 radical (unpaired) electrons. The Morgan fingerprint density at radius 3 is 2.63 bits per heavy atom. The van der Waals surface area contributed by atoms with Gasteiger partial charge in [0.25, 0.3) is 5.91 Å². The van der Waals surface area contributed by atoms with Crippen LogP contribution in [0.5, 0.6) is 0 Å². The number of carbonyl (C=O) groups excluding carboxylic acids is 1. The van der Waals surface area contributed by atoms with E-state index in [0.717, 1.165) is 27.9 Å². The topological polar surface area (TPSA) is 70.9 Å². The molecule has 3 heterocycles. The fraction of sp³-hybridized carbons (Fsp3) is 0.0476. The lowest BCUT2D eigenvalue weighted by Gasteiger charge is -2.04. The predicted molar refractivity (Wildman–Crippen MR) is 99.3 cm³/mol. The molecule has 0 aliphatic heterocycles. The van der Waals surface area contributed by atoms with Crippen molar-refractivity contribution in [2.24, 2.45) is 0 Å². The Kier molecular flexibility index (Phi) is 4.53. The summed E-state index contributed by atoms with van der Waals surface area (Å²) in [5.74, 6) is -0.512. The van der Waals surface area contributed by atoms with Crippen molar-refractivity contribution >= 4 is 5.91 Å². The Hall–Kier alpha value is -3.67. The smallest absolute Gasteiger partial charge is 0.267 e. The maximum Gasteiger partial charge on any atom is 0.267 e. The van der Waals surface area contributed by atoms with E-state index in [9.17, 15) is 9.18 Å². The van der Waals surface area contributed by atoms with E-state index in [4.69, 9.17) is 4.42 Å². The summed E-state index contributed by atoms with van der Waals surface area (Å²) in [5, 5.41) is 2.85. The minimum atomic E-state index is -0.292. The van der Waals surface area contributed by atoms with Crippen LogP contribution in [0.15, 0.2) is 77.9 Å². The largest absolute Gasteiger partial charge is 0.472 e. The molecule has 0 saturated heterocycles. The molecule has 0 unspecified atom stereocenters. The molecule has 1 amide bonds. The van der Waals surface area contributed by atoms with Crippen LogP contribution in [0.1, 0.15) is 16.1 Å². The summed E-state index contributed by atoms with van der Waals surface area (Å²) >= 11 is 0. The number of hydrogen-bond acceptors (Lipinski definition) is 3. The number of furan rings is 1. The van der Waals surface area contributed by atoms with Crippen LogP contribution in [-0.4, -0.2) is 15.9 Å². The van der Waals surface area contributed by atoms with Gasteiger partial charge in [-0.1, -0.05) is 18.2 Å². The lowest BCUT2D eigenvalue weighted by Crippen LogP contribution is -2.23. The molecular formula is C21H16FN3O2. The third-order valence-corrected chi connectivity index (χ3v) is 4.20. The highest BCUT2D eigenvalue weighted by Gasteiger charge is 2.10. The number of rotatable bonds is 5. The van der Waals surface area contributed by atoms with Crippen LogP contribution in [0.4, 0.5) is 4.39 Å².